The number of methoxy groups -OCH3 is 1. The van der Waals surface area contributed by atoms with Crippen LogP contribution in [-0.4, -0.2) is 40.8 Å². The lowest BCUT2D eigenvalue weighted by molar-refractivity contribution is -0.299. The third-order valence-electron chi connectivity index (χ3n) is 8.22. The molecule has 210 valence electrons. The van der Waals surface area contributed by atoms with Gasteiger partial charge < -0.3 is 23.9 Å². The second kappa shape index (κ2) is 12.5. The van der Waals surface area contributed by atoms with Gasteiger partial charge in [0.25, 0.3) is 0 Å². The number of carbonyl (C=O) groups excluding carboxylic acids is 2. The Balaban J connectivity index is 2.08. The summed E-state index contributed by atoms with van der Waals surface area (Å²) in [7, 11) is 3.49. The van der Waals surface area contributed by atoms with Gasteiger partial charge in [-0.05, 0) is 94.6 Å². The highest BCUT2D eigenvalue weighted by molar-refractivity contribution is 5.90. The number of nitrogens with zero attached hydrogens (tertiary/aromatic N) is 2. The minimum atomic E-state index is -1.17. The van der Waals surface area contributed by atoms with Crippen molar-refractivity contribution in [3.05, 3.63) is 47.6 Å². The molecule has 0 saturated heterocycles. The van der Waals surface area contributed by atoms with Crippen LogP contribution in [0, 0.1) is 35.0 Å². The molecule has 0 saturated carbocycles. The van der Waals surface area contributed by atoms with Gasteiger partial charge in [0, 0.05) is 20.4 Å². The highest BCUT2D eigenvalue weighted by Gasteiger charge is 2.41. The van der Waals surface area contributed by atoms with Crippen LogP contribution in [0.4, 0.5) is 0 Å². The Kier molecular flexibility index (Phi) is 9.80. The molecule has 0 radical (unpaired) electrons. The molecule has 2 aliphatic carbocycles. The van der Waals surface area contributed by atoms with Crippen LogP contribution in [0.3, 0.4) is 0 Å². The van der Waals surface area contributed by atoms with Crippen molar-refractivity contribution in [1.29, 1.82) is 0 Å². The average molecular weight is 526 g/mol. The summed E-state index contributed by atoms with van der Waals surface area (Å²) in [5.41, 5.74) is 1.51. The Morgan fingerprint density at radius 1 is 1.21 bits per heavy atom. The Bertz CT molecular complexity index is 1070. The predicted octanol–water partition coefficient (Wildman–Crippen LogP) is 4.74. The number of fused-ring (bicyclic) bond motifs is 1. The molecule has 0 fully saturated rings. The van der Waals surface area contributed by atoms with E-state index in [0.717, 1.165) is 6.42 Å². The maximum atomic E-state index is 13.0. The van der Waals surface area contributed by atoms with Crippen LogP contribution in [0.5, 0.6) is 0 Å². The van der Waals surface area contributed by atoms with E-state index in [1.807, 2.05) is 40.0 Å². The summed E-state index contributed by atoms with van der Waals surface area (Å²) >= 11 is 0. The minimum absolute atomic E-state index is 0.146. The van der Waals surface area contributed by atoms with Gasteiger partial charge in [-0.25, -0.2) is 4.98 Å². The molecule has 1 heterocycles. The summed E-state index contributed by atoms with van der Waals surface area (Å²) in [6.45, 7) is 12.2. The molecule has 0 N–H and O–H groups in total. The van der Waals surface area contributed by atoms with Crippen LogP contribution >= 0.6 is 0 Å². The molecule has 38 heavy (non-hydrogen) atoms. The molecule has 3 rings (SSSR count). The third-order valence-corrected chi connectivity index (χ3v) is 8.22. The van der Waals surface area contributed by atoms with Gasteiger partial charge in [-0.15, -0.1) is 0 Å². The molecule has 0 bridgehead atoms. The van der Waals surface area contributed by atoms with Gasteiger partial charge in [0.1, 0.15) is 12.2 Å². The molecule has 0 aliphatic heterocycles. The van der Waals surface area contributed by atoms with Gasteiger partial charge in [0.2, 0.25) is 0 Å². The summed E-state index contributed by atoms with van der Waals surface area (Å²) in [6.07, 6.45) is 13.3. The highest BCUT2D eigenvalue weighted by atomic mass is 16.6. The first-order chi connectivity index (χ1) is 17.8. The number of carboxylic acids is 1. The third kappa shape index (κ3) is 7.25. The van der Waals surface area contributed by atoms with E-state index in [2.05, 4.69) is 31.8 Å². The normalized spacial score (nSPS) is 29.0. The fourth-order valence-electron chi connectivity index (χ4n) is 5.98. The van der Waals surface area contributed by atoms with E-state index in [1.54, 1.807) is 30.3 Å². The maximum absolute atomic E-state index is 13.0. The van der Waals surface area contributed by atoms with E-state index in [-0.39, 0.29) is 29.3 Å². The zero-order valence-electron chi connectivity index (χ0n) is 24.3. The number of hydrogen-bond acceptors (Lipinski definition) is 6. The van der Waals surface area contributed by atoms with Crippen LogP contribution in [0.15, 0.2) is 41.9 Å². The monoisotopic (exact) mass is 525 g/mol. The first-order valence-electron chi connectivity index (χ1n) is 13.8. The summed E-state index contributed by atoms with van der Waals surface area (Å²) in [5.74, 6) is -0.506. The molecular formula is C31H45N2O5-. The summed E-state index contributed by atoms with van der Waals surface area (Å²) in [6, 6.07) is 0. The van der Waals surface area contributed by atoms with E-state index in [1.165, 1.54) is 5.57 Å². The molecule has 1 aromatic rings. The van der Waals surface area contributed by atoms with E-state index in [0.29, 0.717) is 36.8 Å². The Morgan fingerprint density at radius 2 is 1.92 bits per heavy atom. The summed E-state index contributed by atoms with van der Waals surface area (Å²) < 4.78 is 13.8. The van der Waals surface area contributed by atoms with Crippen molar-refractivity contribution in [2.75, 3.05) is 7.11 Å². The van der Waals surface area contributed by atoms with Crippen LogP contribution < -0.4 is 5.11 Å². The SMILES string of the molecule is CO[C@@H]1C=CC[C@@H](C(=Cc2cn(C)cn2)C(=O)[O-])C[C@H]2C(C)=CC[C@H](C(C)C)[C@H]2C[C@H]1OC(=O)C(C)(C)C. The zero-order chi connectivity index (χ0) is 28.2. The van der Waals surface area contributed by atoms with Crippen LogP contribution in [0.25, 0.3) is 6.08 Å². The van der Waals surface area contributed by atoms with Gasteiger partial charge in [-0.2, -0.15) is 0 Å². The largest absolute Gasteiger partial charge is 0.545 e. The lowest BCUT2D eigenvalue weighted by Crippen LogP contribution is -2.42. The smallest absolute Gasteiger partial charge is 0.311 e. The van der Waals surface area contributed by atoms with Crippen molar-refractivity contribution in [2.24, 2.45) is 42.1 Å². The second-order valence-electron chi connectivity index (χ2n) is 12.4. The molecular weight excluding hydrogens is 480 g/mol. The molecule has 0 spiro atoms. The molecule has 6 atom stereocenters. The number of carboxylic acid groups (broad SMARTS) is 1. The number of esters is 1. The van der Waals surface area contributed by atoms with Gasteiger partial charge >= 0.3 is 5.97 Å². The van der Waals surface area contributed by atoms with Crippen molar-refractivity contribution in [1.82, 2.24) is 9.55 Å². The number of aliphatic carboxylic acids is 1. The van der Waals surface area contributed by atoms with Crippen molar-refractivity contribution >= 4 is 18.0 Å². The molecule has 0 aromatic carbocycles. The summed E-state index contributed by atoms with van der Waals surface area (Å²) in [4.78, 5) is 29.7. The number of carbonyl (C=O) groups is 2. The number of hydrogen-bond donors (Lipinski definition) is 0. The van der Waals surface area contributed by atoms with Crippen LogP contribution in [0.1, 0.15) is 72.9 Å². The zero-order valence-corrected chi connectivity index (χ0v) is 24.3. The number of aromatic nitrogens is 2. The molecule has 0 unspecified atom stereocenters. The van der Waals surface area contributed by atoms with E-state index < -0.39 is 23.6 Å². The Morgan fingerprint density at radius 3 is 2.47 bits per heavy atom. The Hall–Kier alpha value is -2.67. The summed E-state index contributed by atoms with van der Waals surface area (Å²) in [5, 5.41) is 12.4. The van der Waals surface area contributed by atoms with Crippen molar-refractivity contribution in [2.45, 2.75) is 79.4 Å². The Labute approximate surface area is 228 Å². The lowest BCUT2D eigenvalue weighted by atomic mass is 9.63. The predicted molar refractivity (Wildman–Crippen MR) is 146 cm³/mol. The topological polar surface area (TPSA) is 93.5 Å². The van der Waals surface area contributed by atoms with Crippen molar-refractivity contribution < 1.29 is 24.2 Å². The quantitative estimate of drug-likeness (QED) is 0.303. The first-order valence-corrected chi connectivity index (χ1v) is 13.8. The number of aryl methyl sites for hydroxylation is 1. The fourth-order valence-corrected chi connectivity index (χ4v) is 5.98. The van der Waals surface area contributed by atoms with Crippen LogP contribution in [-0.2, 0) is 26.1 Å². The van der Waals surface area contributed by atoms with E-state index in [4.69, 9.17) is 9.47 Å². The molecule has 2 aliphatic rings. The van der Waals surface area contributed by atoms with Gasteiger partial charge in [0.15, 0.2) is 0 Å². The second-order valence-corrected chi connectivity index (χ2v) is 12.4. The standard InChI is InChI=1S/C31H46N2O5/c1-19(2)23-13-12-20(3)24-14-21(25(29(34)35)15-22-17-33(7)18-32-22)10-9-11-27(37-8)28(16-26(23)24)38-30(36)31(4,5)6/h9,11-12,15,17-19,21,23-24,26-28H,10,13-14,16H2,1-8H3,(H,34,35)/p-1/t21-,23-,24+,26-,27-,28-/m1/s1. The fraction of sp³-hybridized carbons (Fsp3) is 0.645. The van der Waals surface area contributed by atoms with Gasteiger partial charge in [0.05, 0.1) is 23.4 Å². The number of ether oxygens (including phenoxy) is 2. The average Bonchev–Trinajstić information content (AvgIpc) is 3.24. The first kappa shape index (κ1) is 29.9. The van der Waals surface area contributed by atoms with Gasteiger partial charge in [-0.1, -0.05) is 37.6 Å². The lowest BCUT2D eigenvalue weighted by Gasteiger charge is -2.44. The van der Waals surface area contributed by atoms with Crippen LogP contribution in [0.2, 0.25) is 0 Å². The maximum Gasteiger partial charge on any atom is 0.311 e. The number of rotatable bonds is 6. The molecule has 0 amide bonds. The highest BCUT2D eigenvalue weighted by Crippen LogP contribution is 2.46. The van der Waals surface area contributed by atoms with Crippen molar-refractivity contribution in [3.8, 4) is 0 Å². The van der Waals surface area contributed by atoms with Gasteiger partial charge in [-0.3, -0.25) is 4.79 Å². The minimum Gasteiger partial charge on any atom is -0.545 e. The molecule has 1 aromatic heterocycles. The number of imidazole rings is 1. The van der Waals surface area contributed by atoms with E-state index >= 15 is 0 Å². The van der Waals surface area contributed by atoms with E-state index in [9.17, 15) is 14.7 Å². The van der Waals surface area contributed by atoms with Crippen molar-refractivity contribution in [3.63, 3.8) is 0 Å². The molecule has 7 heteroatoms. The number of allylic oxidation sites excluding steroid dienone is 3. The molecule has 7 nitrogen and oxygen atoms in total.